The summed E-state index contributed by atoms with van der Waals surface area (Å²) in [7, 11) is 0. The first-order valence-electron chi connectivity index (χ1n) is 7.76. The second-order valence-electron chi connectivity index (χ2n) is 6.00. The molecule has 1 aromatic carbocycles. The van der Waals surface area contributed by atoms with Crippen molar-refractivity contribution in [3.63, 3.8) is 0 Å². The Balaban J connectivity index is 1.50. The van der Waals surface area contributed by atoms with E-state index >= 15 is 0 Å². The van der Waals surface area contributed by atoms with E-state index in [1.807, 2.05) is 6.20 Å². The van der Waals surface area contributed by atoms with E-state index in [4.69, 9.17) is 10.5 Å². The lowest BCUT2D eigenvalue weighted by molar-refractivity contribution is 0.0973. The fraction of sp³-hybridized carbons (Fsp3) is 0.471. The summed E-state index contributed by atoms with van der Waals surface area (Å²) in [6.45, 7) is 7.33. The quantitative estimate of drug-likeness (QED) is 0.939. The number of piperidine rings is 1. The monoisotopic (exact) mass is 317 g/mol. The summed E-state index contributed by atoms with van der Waals surface area (Å²) in [5, 5.41) is 0.656. The molecule has 1 aliphatic rings. The van der Waals surface area contributed by atoms with E-state index in [-0.39, 0.29) is 0 Å². The maximum absolute atomic E-state index is 6.14. The van der Waals surface area contributed by atoms with Crippen LogP contribution in [0.5, 0.6) is 5.75 Å². The Labute approximate surface area is 135 Å². The number of nitrogen functional groups attached to an aromatic ring is 1. The number of benzene rings is 1. The van der Waals surface area contributed by atoms with Crippen molar-refractivity contribution in [2.45, 2.75) is 39.3 Å². The largest absolute Gasteiger partial charge is 0.490 e. The van der Waals surface area contributed by atoms with Crippen molar-refractivity contribution < 1.29 is 4.74 Å². The molecule has 3 rings (SSSR count). The van der Waals surface area contributed by atoms with Gasteiger partial charge in [0.25, 0.3) is 0 Å². The number of thiazole rings is 1. The number of ether oxygens (including phenoxy) is 1. The van der Waals surface area contributed by atoms with Gasteiger partial charge in [0, 0.05) is 30.7 Å². The topological polar surface area (TPSA) is 51.4 Å². The molecule has 0 bridgehead atoms. The first-order chi connectivity index (χ1) is 10.6. The predicted molar refractivity (Wildman–Crippen MR) is 91.4 cm³/mol. The standard InChI is InChI=1S/C17H23N3OS/c1-12-3-4-15(9-13(12)2)21-14-5-7-20(8-6-14)11-16-10-19-17(18)22-16/h3-4,9-10,14H,5-8,11H2,1-2H3,(H2,18,19). The van der Waals surface area contributed by atoms with Crippen LogP contribution in [-0.2, 0) is 6.54 Å². The summed E-state index contributed by atoms with van der Waals surface area (Å²) in [5.74, 6) is 0.997. The number of rotatable bonds is 4. The highest BCUT2D eigenvalue weighted by Crippen LogP contribution is 2.23. The molecule has 0 aliphatic carbocycles. The van der Waals surface area contributed by atoms with Crippen LogP contribution < -0.4 is 10.5 Å². The Bertz CT molecular complexity index is 633. The van der Waals surface area contributed by atoms with Crippen LogP contribution in [-0.4, -0.2) is 29.1 Å². The molecule has 118 valence electrons. The number of hydrogen-bond donors (Lipinski definition) is 1. The Morgan fingerprint density at radius 1 is 1.27 bits per heavy atom. The zero-order chi connectivity index (χ0) is 15.5. The van der Waals surface area contributed by atoms with E-state index in [2.05, 4.69) is 41.9 Å². The van der Waals surface area contributed by atoms with Gasteiger partial charge in [0.05, 0.1) is 0 Å². The molecule has 2 aromatic rings. The highest BCUT2D eigenvalue weighted by Gasteiger charge is 2.21. The van der Waals surface area contributed by atoms with Crippen LogP contribution in [0.15, 0.2) is 24.4 Å². The molecular formula is C17H23N3OS. The van der Waals surface area contributed by atoms with Gasteiger partial charge < -0.3 is 10.5 Å². The first-order valence-corrected chi connectivity index (χ1v) is 8.58. The second-order valence-corrected chi connectivity index (χ2v) is 7.15. The maximum Gasteiger partial charge on any atom is 0.180 e. The molecule has 1 saturated heterocycles. The highest BCUT2D eigenvalue weighted by atomic mass is 32.1. The molecule has 0 saturated carbocycles. The third-order valence-corrected chi connectivity index (χ3v) is 5.08. The third kappa shape index (κ3) is 3.78. The normalized spacial score (nSPS) is 16.8. The van der Waals surface area contributed by atoms with Gasteiger partial charge in [-0.15, -0.1) is 11.3 Å². The van der Waals surface area contributed by atoms with Crippen molar-refractivity contribution in [1.29, 1.82) is 0 Å². The maximum atomic E-state index is 6.14. The molecule has 0 unspecified atom stereocenters. The summed E-state index contributed by atoms with van der Waals surface area (Å²) in [4.78, 5) is 7.81. The van der Waals surface area contributed by atoms with Crippen LogP contribution >= 0.6 is 11.3 Å². The molecule has 22 heavy (non-hydrogen) atoms. The predicted octanol–water partition coefficient (Wildman–Crippen LogP) is 3.39. The van der Waals surface area contributed by atoms with Gasteiger partial charge in [-0.3, -0.25) is 4.90 Å². The number of aryl methyl sites for hydroxylation is 2. The molecule has 0 amide bonds. The Morgan fingerprint density at radius 2 is 2.05 bits per heavy atom. The summed E-state index contributed by atoms with van der Waals surface area (Å²) >= 11 is 1.58. The first kappa shape index (κ1) is 15.3. The fourth-order valence-electron chi connectivity index (χ4n) is 2.78. The van der Waals surface area contributed by atoms with Crippen molar-refractivity contribution in [3.05, 3.63) is 40.4 Å². The molecule has 5 heteroatoms. The number of nitrogens with two attached hydrogens (primary N) is 1. The van der Waals surface area contributed by atoms with Crippen molar-refractivity contribution >= 4 is 16.5 Å². The molecule has 1 fully saturated rings. The minimum absolute atomic E-state index is 0.324. The summed E-state index contributed by atoms with van der Waals surface area (Å²) in [6, 6.07) is 6.35. The molecule has 1 aromatic heterocycles. The summed E-state index contributed by atoms with van der Waals surface area (Å²) in [5.41, 5.74) is 8.28. The molecule has 0 atom stereocenters. The minimum atomic E-state index is 0.324. The van der Waals surface area contributed by atoms with E-state index in [0.717, 1.165) is 38.2 Å². The number of aromatic nitrogens is 1. The molecule has 1 aliphatic heterocycles. The lowest BCUT2D eigenvalue weighted by Crippen LogP contribution is -2.37. The van der Waals surface area contributed by atoms with Crippen LogP contribution in [0.2, 0.25) is 0 Å². The number of hydrogen-bond acceptors (Lipinski definition) is 5. The van der Waals surface area contributed by atoms with Gasteiger partial charge in [0.2, 0.25) is 0 Å². The van der Waals surface area contributed by atoms with Gasteiger partial charge in [-0.05, 0) is 49.9 Å². The molecule has 2 N–H and O–H groups in total. The van der Waals surface area contributed by atoms with Gasteiger partial charge in [-0.2, -0.15) is 0 Å². The van der Waals surface area contributed by atoms with Gasteiger partial charge >= 0.3 is 0 Å². The van der Waals surface area contributed by atoms with E-state index < -0.39 is 0 Å². The van der Waals surface area contributed by atoms with Crippen LogP contribution in [0.3, 0.4) is 0 Å². The van der Waals surface area contributed by atoms with E-state index in [0.29, 0.717) is 11.2 Å². The SMILES string of the molecule is Cc1ccc(OC2CCN(Cc3cnc(N)s3)CC2)cc1C. The number of anilines is 1. The van der Waals surface area contributed by atoms with Crippen molar-refractivity contribution in [2.24, 2.45) is 0 Å². The van der Waals surface area contributed by atoms with Gasteiger partial charge in [0.15, 0.2) is 5.13 Å². The zero-order valence-corrected chi connectivity index (χ0v) is 14.0. The Kier molecular flexibility index (Phi) is 4.64. The second kappa shape index (κ2) is 6.67. The van der Waals surface area contributed by atoms with Gasteiger partial charge in [-0.1, -0.05) is 6.07 Å². The molecule has 0 radical (unpaired) electrons. The van der Waals surface area contributed by atoms with Crippen molar-refractivity contribution in [3.8, 4) is 5.75 Å². The van der Waals surface area contributed by atoms with Crippen LogP contribution in [0.25, 0.3) is 0 Å². The lowest BCUT2D eigenvalue weighted by Gasteiger charge is -2.31. The highest BCUT2D eigenvalue weighted by molar-refractivity contribution is 7.15. The molecule has 0 spiro atoms. The third-order valence-electron chi connectivity index (χ3n) is 4.27. The molecular weight excluding hydrogens is 294 g/mol. The Morgan fingerprint density at radius 3 is 2.68 bits per heavy atom. The Hall–Kier alpha value is -1.59. The van der Waals surface area contributed by atoms with Crippen LogP contribution in [0.4, 0.5) is 5.13 Å². The smallest absolute Gasteiger partial charge is 0.180 e. The van der Waals surface area contributed by atoms with E-state index in [1.165, 1.54) is 16.0 Å². The lowest BCUT2D eigenvalue weighted by atomic mass is 10.1. The van der Waals surface area contributed by atoms with E-state index in [1.54, 1.807) is 11.3 Å². The van der Waals surface area contributed by atoms with Gasteiger partial charge in [-0.25, -0.2) is 4.98 Å². The number of likely N-dealkylation sites (tertiary alicyclic amines) is 1. The number of nitrogens with zero attached hydrogens (tertiary/aromatic N) is 2. The van der Waals surface area contributed by atoms with Crippen molar-refractivity contribution in [2.75, 3.05) is 18.8 Å². The van der Waals surface area contributed by atoms with Gasteiger partial charge in [0.1, 0.15) is 11.9 Å². The van der Waals surface area contributed by atoms with Crippen LogP contribution in [0.1, 0.15) is 28.8 Å². The fourth-order valence-corrected chi connectivity index (χ4v) is 3.51. The van der Waals surface area contributed by atoms with E-state index in [9.17, 15) is 0 Å². The van der Waals surface area contributed by atoms with Crippen LogP contribution in [0, 0.1) is 13.8 Å². The molecule has 4 nitrogen and oxygen atoms in total. The minimum Gasteiger partial charge on any atom is -0.490 e. The average molecular weight is 317 g/mol. The zero-order valence-electron chi connectivity index (χ0n) is 13.2. The average Bonchev–Trinajstić information content (AvgIpc) is 2.90. The molecule has 2 heterocycles. The summed E-state index contributed by atoms with van der Waals surface area (Å²) in [6.07, 6.45) is 4.35. The summed E-state index contributed by atoms with van der Waals surface area (Å²) < 4.78 is 6.14. The van der Waals surface area contributed by atoms with Crippen molar-refractivity contribution in [1.82, 2.24) is 9.88 Å².